The molecule has 0 bridgehead atoms. The first-order chi connectivity index (χ1) is 11.1. The number of nitrogens with one attached hydrogen (secondary N) is 2. The highest BCUT2D eigenvalue weighted by Crippen LogP contribution is 2.25. The maximum absolute atomic E-state index is 12.4. The number of carbonyl (C=O) groups is 2. The fourth-order valence-corrected chi connectivity index (χ4v) is 3.73. The van der Waals surface area contributed by atoms with Gasteiger partial charge in [-0.25, -0.2) is 0 Å². The number of carbonyl (C=O) groups excluding carboxylic acids is 2. The highest BCUT2D eigenvalue weighted by atomic mass is 16.2. The summed E-state index contributed by atoms with van der Waals surface area (Å²) in [6.07, 6.45) is 6.93. The predicted molar refractivity (Wildman–Crippen MR) is 92.0 cm³/mol. The highest BCUT2D eigenvalue weighted by Gasteiger charge is 2.26. The van der Waals surface area contributed by atoms with Crippen LogP contribution in [0.4, 0.5) is 0 Å². The van der Waals surface area contributed by atoms with E-state index in [9.17, 15) is 9.59 Å². The molecule has 132 valence electrons. The van der Waals surface area contributed by atoms with E-state index >= 15 is 0 Å². The van der Waals surface area contributed by atoms with Crippen LogP contribution in [-0.4, -0.2) is 48.9 Å². The lowest BCUT2D eigenvalue weighted by Gasteiger charge is -2.33. The molecule has 0 aromatic rings. The maximum Gasteiger partial charge on any atom is 0.224 e. The monoisotopic (exact) mass is 323 g/mol. The maximum atomic E-state index is 12.4. The van der Waals surface area contributed by atoms with Crippen LogP contribution < -0.4 is 10.6 Å². The molecule has 0 radical (unpaired) electrons. The Bertz CT molecular complexity index is 386. The molecule has 2 rings (SSSR count). The van der Waals surface area contributed by atoms with Gasteiger partial charge < -0.3 is 15.5 Å². The van der Waals surface area contributed by atoms with Crippen molar-refractivity contribution < 1.29 is 9.59 Å². The largest absolute Gasteiger partial charge is 0.353 e. The van der Waals surface area contributed by atoms with Gasteiger partial charge in [-0.1, -0.05) is 19.8 Å². The average Bonchev–Trinajstić information content (AvgIpc) is 3.07. The minimum absolute atomic E-state index is 0.0601. The summed E-state index contributed by atoms with van der Waals surface area (Å²) in [5.74, 6) is 1.20. The molecule has 2 amide bonds. The standard InChI is InChI=1S/C18H33N3O2/c1-3-19-13-15-8-10-21(11-9-15)17(22)12-14(2)20-18(23)16-6-4-5-7-16/h14-16,19H,3-13H2,1-2H3,(H,20,23). The molecule has 2 aliphatic rings. The molecule has 1 unspecified atom stereocenters. The zero-order valence-electron chi connectivity index (χ0n) is 14.8. The molecule has 1 heterocycles. The first-order valence-electron chi connectivity index (χ1n) is 9.39. The van der Waals surface area contributed by atoms with E-state index < -0.39 is 0 Å². The Morgan fingerprint density at radius 2 is 1.78 bits per heavy atom. The number of likely N-dealkylation sites (tertiary alicyclic amines) is 1. The Morgan fingerprint density at radius 3 is 2.39 bits per heavy atom. The molecule has 5 heteroatoms. The molecule has 23 heavy (non-hydrogen) atoms. The summed E-state index contributed by atoms with van der Waals surface area (Å²) in [6.45, 7) is 7.86. The van der Waals surface area contributed by atoms with E-state index in [1.54, 1.807) is 0 Å². The lowest BCUT2D eigenvalue weighted by Crippen LogP contribution is -2.44. The highest BCUT2D eigenvalue weighted by molar-refractivity contribution is 5.81. The van der Waals surface area contributed by atoms with Crippen LogP contribution >= 0.6 is 0 Å². The Morgan fingerprint density at radius 1 is 1.13 bits per heavy atom. The fourth-order valence-electron chi connectivity index (χ4n) is 3.73. The number of hydrogen-bond donors (Lipinski definition) is 2. The predicted octanol–water partition coefficient (Wildman–Crippen LogP) is 1.92. The van der Waals surface area contributed by atoms with E-state index in [4.69, 9.17) is 0 Å². The van der Waals surface area contributed by atoms with Crippen LogP contribution in [0.25, 0.3) is 0 Å². The van der Waals surface area contributed by atoms with E-state index in [-0.39, 0.29) is 23.8 Å². The van der Waals surface area contributed by atoms with Crippen LogP contribution in [0.15, 0.2) is 0 Å². The van der Waals surface area contributed by atoms with E-state index in [1.807, 2.05) is 11.8 Å². The van der Waals surface area contributed by atoms with Gasteiger partial charge in [0.2, 0.25) is 11.8 Å². The van der Waals surface area contributed by atoms with E-state index in [2.05, 4.69) is 17.6 Å². The van der Waals surface area contributed by atoms with Crippen LogP contribution in [0, 0.1) is 11.8 Å². The zero-order valence-corrected chi connectivity index (χ0v) is 14.8. The van der Waals surface area contributed by atoms with E-state index in [0.717, 1.165) is 64.7 Å². The number of hydrogen-bond acceptors (Lipinski definition) is 3. The number of nitrogens with zero attached hydrogens (tertiary/aromatic N) is 1. The van der Waals surface area contributed by atoms with Gasteiger partial charge in [-0.3, -0.25) is 9.59 Å². The van der Waals surface area contributed by atoms with Crippen LogP contribution in [0.3, 0.4) is 0 Å². The van der Waals surface area contributed by atoms with Gasteiger partial charge in [0.15, 0.2) is 0 Å². The third-order valence-corrected chi connectivity index (χ3v) is 5.25. The van der Waals surface area contributed by atoms with Crippen LogP contribution in [0.2, 0.25) is 0 Å². The average molecular weight is 323 g/mol. The summed E-state index contributed by atoms with van der Waals surface area (Å²) >= 11 is 0. The van der Waals surface area contributed by atoms with Crippen molar-refractivity contribution in [1.29, 1.82) is 0 Å². The molecule has 2 N–H and O–H groups in total. The van der Waals surface area contributed by atoms with Crippen molar-refractivity contribution in [2.45, 2.75) is 64.8 Å². The summed E-state index contributed by atoms with van der Waals surface area (Å²) < 4.78 is 0. The summed E-state index contributed by atoms with van der Waals surface area (Å²) in [5, 5.41) is 6.42. The van der Waals surface area contributed by atoms with E-state index in [0.29, 0.717) is 12.3 Å². The Labute approximate surface area is 140 Å². The summed E-state index contributed by atoms with van der Waals surface area (Å²) in [7, 11) is 0. The molecule has 1 saturated carbocycles. The molecular formula is C18H33N3O2. The van der Waals surface area contributed by atoms with Crippen LogP contribution in [0.1, 0.15) is 58.8 Å². The number of amides is 2. The molecule has 1 aliphatic carbocycles. The van der Waals surface area contributed by atoms with Gasteiger partial charge in [-0.15, -0.1) is 0 Å². The van der Waals surface area contributed by atoms with Crippen molar-refractivity contribution >= 4 is 11.8 Å². The Hall–Kier alpha value is -1.10. The molecular weight excluding hydrogens is 290 g/mol. The van der Waals surface area contributed by atoms with Crippen molar-refractivity contribution in [3.8, 4) is 0 Å². The molecule has 1 saturated heterocycles. The van der Waals surface area contributed by atoms with Gasteiger partial charge in [0.1, 0.15) is 0 Å². The van der Waals surface area contributed by atoms with Gasteiger partial charge in [0.25, 0.3) is 0 Å². The summed E-state index contributed by atoms with van der Waals surface area (Å²) in [5.41, 5.74) is 0. The zero-order chi connectivity index (χ0) is 16.7. The van der Waals surface area contributed by atoms with Gasteiger partial charge in [-0.05, 0) is 51.6 Å². The second-order valence-electron chi connectivity index (χ2n) is 7.23. The Kier molecular flexibility index (Phi) is 7.34. The lowest BCUT2D eigenvalue weighted by atomic mass is 9.96. The molecule has 0 aromatic carbocycles. The van der Waals surface area contributed by atoms with Crippen molar-refractivity contribution in [2.24, 2.45) is 11.8 Å². The molecule has 1 aliphatic heterocycles. The van der Waals surface area contributed by atoms with Crippen LogP contribution in [-0.2, 0) is 9.59 Å². The fraction of sp³-hybridized carbons (Fsp3) is 0.889. The van der Waals surface area contributed by atoms with Crippen LogP contribution in [0.5, 0.6) is 0 Å². The number of piperidine rings is 1. The molecule has 0 aromatic heterocycles. The van der Waals surface area contributed by atoms with Crippen molar-refractivity contribution in [3.05, 3.63) is 0 Å². The normalized spacial score (nSPS) is 21.4. The second-order valence-corrected chi connectivity index (χ2v) is 7.23. The molecule has 2 fully saturated rings. The van der Waals surface area contributed by atoms with E-state index in [1.165, 1.54) is 0 Å². The minimum Gasteiger partial charge on any atom is -0.353 e. The number of rotatable bonds is 7. The van der Waals surface area contributed by atoms with Gasteiger partial charge in [-0.2, -0.15) is 0 Å². The van der Waals surface area contributed by atoms with Crippen molar-refractivity contribution in [3.63, 3.8) is 0 Å². The minimum atomic E-state index is -0.0601. The summed E-state index contributed by atoms with van der Waals surface area (Å²) in [6, 6.07) is -0.0601. The molecule has 5 nitrogen and oxygen atoms in total. The molecule has 1 atom stereocenters. The topological polar surface area (TPSA) is 61.4 Å². The van der Waals surface area contributed by atoms with Crippen molar-refractivity contribution in [1.82, 2.24) is 15.5 Å². The molecule has 0 spiro atoms. The third kappa shape index (κ3) is 5.79. The SMILES string of the molecule is CCNCC1CCN(C(=O)CC(C)NC(=O)C2CCCC2)CC1. The second kappa shape index (κ2) is 9.26. The quantitative estimate of drug-likeness (QED) is 0.752. The van der Waals surface area contributed by atoms with Crippen molar-refractivity contribution in [2.75, 3.05) is 26.2 Å². The first kappa shape index (κ1) is 18.2. The third-order valence-electron chi connectivity index (χ3n) is 5.25. The lowest BCUT2D eigenvalue weighted by molar-refractivity contribution is -0.133. The van der Waals surface area contributed by atoms with Gasteiger partial charge in [0, 0.05) is 31.5 Å². The smallest absolute Gasteiger partial charge is 0.224 e. The van der Waals surface area contributed by atoms with Gasteiger partial charge >= 0.3 is 0 Å². The first-order valence-corrected chi connectivity index (χ1v) is 9.39. The summed E-state index contributed by atoms with van der Waals surface area (Å²) in [4.78, 5) is 26.5. The Balaban J connectivity index is 1.66. The van der Waals surface area contributed by atoms with Gasteiger partial charge in [0.05, 0.1) is 0 Å².